The van der Waals surface area contributed by atoms with E-state index in [0.717, 1.165) is 25.9 Å². The number of oxime groups is 1. The number of amidine groups is 1. The van der Waals surface area contributed by atoms with Crippen molar-refractivity contribution in [3.63, 3.8) is 0 Å². The first-order valence-corrected chi connectivity index (χ1v) is 9.65. The third kappa shape index (κ3) is 8.79. The Morgan fingerprint density at radius 3 is 2.48 bits per heavy atom. The molecule has 8 heteroatoms. The van der Waals surface area contributed by atoms with Gasteiger partial charge in [0.2, 0.25) is 0 Å². The molecule has 8 nitrogen and oxygen atoms in total. The lowest BCUT2D eigenvalue weighted by Crippen LogP contribution is -2.51. The van der Waals surface area contributed by atoms with E-state index in [9.17, 15) is 9.90 Å². The SMILES string of the molecule is CC(C)(C)CN(C(=O)O)C(CCC(C)(C)COC1CCCCO1)C(N)=NO. The van der Waals surface area contributed by atoms with E-state index in [1.54, 1.807) is 0 Å². The third-order valence-corrected chi connectivity index (χ3v) is 4.62. The zero-order chi connectivity index (χ0) is 20.7. The highest BCUT2D eigenvalue weighted by molar-refractivity contribution is 5.88. The number of carbonyl (C=O) groups is 1. The van der Waals surface area contributed by atoms with Crippen LogP contribution in [-0.2, 0) is 9.47 Å². The van der Waals surface area contributed by atoms with Crippen LogP contribution in [0.1, 0.15) is 66.7 Å². The number of nitrogens with zero attached hydrogens (tertiary/aromatic N) is 2. The van der Waals surface area contributed by atoms with Crippen molar-refractivity contribution < 1.29 is 24.6 Å². The van der Waals surface area contributed by atoms with Crippen LogP contribution < -0.4 is 5.73 Å². The van der Waals surface area contributed by atoms with Crippen molar-refractivity contribution in [1.82, 2.24) is 4.90 Å². The van der Waals surface area contributed by atoms with E-state index in [0.29, 0.717) is 19.4 Å². The second-order valence-electron chi connectivity index (χ2n) is 9.32. The summed E-state index contributed by atoms with van der Waals surface area (Å²) in [4.78, 5) is 13.0. The molecule has 1 rings (SSSR count). The summed E-state index contributed by atoms with van der Waals surface area (Å²) in [5.41, 5.74) is 5.40. The van der Waals surface area contributed by atoms with Gasteiger partial charge in [-0.3, -0.25) is 4.90 Å². The minimum absolute atomic E-state index is 0.0889. The highest BCUT2D eigenvalue weighted by Gasteiger charge is 2.32. The Hall–Kier alpha value is -1.54. The predicted octanol–water partition coefficient (Wildman–Crippen LogP) is 3.48. The Balaban J connectivity index is 2.72. The number of ether oxygens (including phenoxy) is 2. The van der Waals surface area contributed by atoms with Gasteiger partial charge in [0.05, 0.1) is 12.6 Å². The zero-order valence-corrected chi connectivity index (χ0v) is 17.4. The molecular formula is C19H37N3O5. The van der Waals surface area contributed by atoms with Gasteiger partial charge in [0.25, 0.3) is 0 Å². The topological polar surface area (TPSA) is 118 Å². The van der Waals surface area contributed by atoms with Crippen LogP contribution in [0.3, 0.4) is 0 Å². The summed E-state index contributed by atoms with van der Waals surface area (Å²) in [6.45, 7) is 11.5. The van der Waals surface area contributed by atoms with Crippen LogP contribution in [0, 0.1) is 10.8 Å². The quantitative estimate of drug-likeness (QED) is 0.241. The lowest BCUT2D eigenvalue weighted by Gasteiger charge is -2.35. The molecule has 0 saturated carbocycles. The van der Waals surface area contributed by atoms with E-state index in [4.69, 9.17) is 20.4 Å². The first-order chi connectivity index (χ1) is 12.4. The van der Waals surface area contributed by atoms with Gasteiger partial charge in [-0.1, -0.05) is 39.8 Å². The number of carboxylic acid groups (broad SMARTS) is 1. The Labute approximate surface area is 162 Å². The summed E-state index contributed by atoms with van der Waals surface area (Å²) < 4.78 is 11.5. The van der Waals surface area contributed by atoms with Crippen molar-refractivity contribution in [3.8, 4) is 0 Å². The van der Waals surface area contributed by atoms with Gasteiger partial charge in [0.15, 0.2) is 12.1 Å². The van der Waals surface area contributed by atoms with Gasteiger partial charge in [0, 0.05) is 13.2 Å². The average Bonchev–Trinajstić information content (AvgIpc) is 2.58. The summed E-state index contributed by atoms with van der Waals surface area (Å²) in [5, 5.41) is 21.9. The van der Waals surface area contributed by atoms with E-state index in [1.165, 1.54) is 4.90 Å². The average molecular weight is 388 g/mol. The largest absolute Gasteiger partial charge is 0.465 e. The van der Waals surface area contributed by atoms with Gasteiger partial charge in [-0.15, -0.1) is 0 Å². The van der Waals surface area contributed by atoms with E-state index in [-0.39, 0.29) is 29.5 Å². The first-order valence-electron chi connectivity index (χ1n) is 9.65. The van der Waals surface area contributed by atoms with Crippen LogP contribution in [0.2, 0.25) is 0 Å². The Morgan fingerprint density at radius 1 is 1.33 bits per heavy atom. The van der Waals surface area contributed by atoms with E-state index < -0.39 is 12.1 Å². The molecule has 0 aliphatic carbocycles. The Morgan fingerprint density at radius 2 is 2.00 bits per heavy atom. The smallest absolute Gasteiger partial charge is 0.407 e. The number of amides is 1. The second kappa shape index (κ2) is 10.1. The van der Waals surface area contributed by atoms with Crippen LogP contribution in [-0.4, -0.2) is 59.2 Å². The van der Waals surface area contributed by atoms with Gasteiger partial charge in [0.1, 0.15) is 0 Å². The molecule has 4 N–H and O–H groups in total. The fraction of sp³-hybridized carbons (Fsp3) is 0.895. The predicted molar refractivity (Wildman–Crippen MR) is 104 cm³/mol. The van der Waals surface area contributed by atoms with Crippen molar-refractivity contribution in [2.24, 2.45) is 21.7 Å². The summed E-state index contributed by atoms with van der Waals surface area (Å²) in [6.07, 6.45) is 2.96. The number of hydrogen-bond acceptors (Lipinski definition) is 5. The Bertz CT molecular complexity index is 496. The van der Waals surface area contributed by atoms with Crippen molar-refractivity contribution >= 4 is 11.9 Å². The molecule has 0 radical (unpaired) electrons. The van der Waals surface area contributed by atoms with Crippen LogP contribution in [0.25, 0.3) is 0 Å². The molecule has 1 aliphatic heterocycles. The molecule has 1 saturated heterocycles. The molecule has 1 fully saturated rings. The minimum Gasteiger partial charge on any atom is -0.465 e. The first kappa shape index (κ1) is 23.5. The molecule has 0 aromatic heterocycles. The molecule has 27 heavy (non-hydrogen) atoms. The number of rotatable bonds is 9. The standard InChI is InChI=1S/C19H37N3O5/c1-18(2,3)12-22(17(23)24)14(16(20)21-25)9-10-19(4,5)13-27-15-8-6-7-11-26-15/h14-15,25H,6-13H2,1-5H3,(H2,20,21)(H,23,24). The maximum atomic E-state index is 11.8. The second-order valence-corrected chi connectivity index (χ2v) is 9.32. The van der Waals surface area contributed by atoms with Gasteiger partial charge in [-0.2, -0.15) is 0 Å². The lowest BCUT2D eigenvalue weighted by atomic mass is 9.86. The van der Waals surface area contributed by atoms with Crippen LogP contribution in [0.4, 0.5) is 4.79 Å². The molecule has 0 spiro atoms. The van der Waals surface area contributed by atoms with Gasteiger partial charge in [-0.05, 0) is 42.9 Å². The summed E-state index contributed by atoms with van der Waals surface area (Å²) in [5.74, 6) is -0.0889. The monoisotopic (exact) mass is 387 g/mol. The van der Waals surface area contributed by atoms with Gasteiger partial charge < -0.3 is 25.5 Å². The summed E-state index contributed by atoms with van der Waals surface area (Å²) in [6, 6.07) is -0.683. The molecule has 0 aromatic rings. The van der Waals surface area contributed by atoms with Gasteiger partial charge >= 0.3 is 6.09 Å². The van der Waals surface area contributed by atoms with E-state index in [1.807, 2.05) is 20.8 Å². The molecule has 2 unspecified atom stereocenters. The highest BCUT2D eigenvalue weighted by Crippen LogP contribution is 2.28. The van der Waals surface area contributed by atoms with Crippen LogP contribution >= 0.6 is 0 Å². The molecule has 0 aromatic carbocycles. The molecule has 0 bridgehead atoms. The van der Waals surface area contributed by atoms with Crippen LogP contribution in [0.15, 0.2) is 5.16 Å². The maximum absolute atomic E-state index is 11.8. The lowest BCUT2D eigenvalue weighted by molar-refractivity contribution is -0.176. The normalized spacial score (nSPS) is 20.3. The molecular weight excluding hydrogens is 350 g/mol. The minimum atomic E-state index is -1.08. The zero-order valence-electron chi connectivity index (χ0n) is 17.4. The summed E-state index contributed by atoms with van der Waals surface area (Å²) >= 11 is 0. The Kier molecular flexibility index (Phi) is 8.81. The summed E-state index contributed by atoms with van der Waals surface area (Å²) in [7, 11) is 0. The molecule has 158 valence electrons. The van der Waals surface area contributed by atoms with Crippen molar-refractivity contribution in [2.75, 3.05) is 19.8 Å². The molecule has 1 amide bonds. The fourth-order valence-corrected chi connectivity index (χ4v) is 3.11. The van der Waals surface area contributed by atoms with Crippen molar-refractivity contribution in [1.29, 1.82) is 0 Å². The number of nitrogens with two attached hydrogens (primary N) is 1. The van der Waals surface area contributed by atoms with Crippen molar-refractivity contribution in [2.45, 2.75) is 79.1 Å². The fourth-order valence-electron chi connectivity index (χ4n) is 3.11. The molecule has 1 heterocycles. The number of hydrogen-bond donors (Lipinski definition) is 3. The van der Waals surface area contributed by atoms with Crippen molar-refractivity contribution in [3.05, 3.63) is 0 Å². The highest BCUT2D eigenvalue weighted by atomic mass is 16.7. The molecule has 2 atom stereocenters. The van der Waals surface area contributed by atoms with Crippen LogP contribution in [0.5, 0.6) is 0 Å². The van der Waals surface area contributed by atoms with E-state index in [2.05, 4.69) is 19.0 Å². The van der Waals surface area contributed by atoms with Gasteiger partial charge in [-0.25, -0.2) is 4.79 Å². The third-order valence-electron chi connectivity index (χ3n) is 4.62. The van der Waals surface area contributed by atoms with E-state index >= 15 is 0 Å². The molecule has 1 aliphatic rings. The maximum Gasteiger partial charge on any atom is 0.407 e.